The number of hydrogen-bond acceptors (Lipinski definition) is 4. The minimum Gasteiger partial charge on any atom is -0.455 e. The van der Waals surface area contributed by atoms with Gasteiger partial charge in [0.1, 0.15) is 5.76 Å². The van der Waals surface area contributed by atoms with Crippen LogP contribution >= 0.6 is 23.4 Å². The van der Waals surface area contributed by atoms with E-state index in [0.717, 1.165) is 28.8 Å². The number of furan rings is 1. The first kappa shape index (κ1) is 21.8. The predicted octanol–water partition coefficient (Wildman–Crippen LogP) is 6.03. The van der Waals surface area contributed by atoms with E-state index in [9.17, 15) is 4.79 Å². The second-order valence-electron chi connectivity index (χ2n) is 8.02. The van der Waals surface area contributed by atoms with Crippen LogP contribution in [0.25, 0.3) is 0 Å². The Bertz CT molecular complexity index is 1050. The lowest BCUT2D eigenvalue weighted by molar-refractivity contribution is 0.0693. The lowest BCUT2D eigenvalue weighted by atomic mass is 10.1. The molecule has 4 rings (SSSR count). The Morgan fingerprint density at radius 1 is 1.10 bits per heavy atom. The minimum atomic E-state index is -0.0261. The van der Waals surface area contributed by atoms with Crippen molar-refractivity contribution in [2.24, 2.45) is 0 Å². The van der Waals surface area contributed by atoms with Gasteiger partial charge in [0.25, 0.3) is 5.91 Å². The summed E-state index contributed by atoms with van der Waals surface area (Å²) in [4.78, 5) is 17.3. The summed E-state index contributed by atoms with van der Waals surface area (Å²) in [6, 6.07) is 20.4. The van der Waals surface area contributed by atoms with E-state index in [0.29, 0.717) is 18.8 Å². The SMILES string of the molecule is Cc1cccc(N2CCN(C(=O)c3ccc(CSCc4cccc(Cl)c4)o3)CC2C)c1. The molecule has 31 heavy (non-hydrogen) atoms. The number of thioether (sulfide) groups is 1. The van der Waals surface area contributed by atoms with Gasteiger partial charge in [-0.25, -0.2) is 0 Å². The number of nitrogens with zero attached hydrogens (tertiary/aromatic N) is 2. The Morgan fingerprint density at radius 2 is 1.94 bits per heavy atom. The van der Waals surface area contributed by atoms with Crippen LogP contribution in [0.1, 0.15) is 34.4 Å². The summed E-state index contributed by atoms with van der Waals surface area (Å²) in [6.45, 7) is 6.47. The van der Waals surface area contributed by atoms with Crippen LogP contribution in [0.15, 0.2) is 65.1 Å². The van der Waals surface area contributed by atoms with Gasteiger partial charge in [0.2, 0.25) is 0 Å². The second kappa shape index (κ2) is 9.84. The van der Waals surface area contributed by atoms with Gasteiger partial charge in [-0.2, -0.15) is 0 Å². The van der Waals surface area contributed by atoms with E-state index < -0.39 is 0 Å². The lowest BCUT2D eigenvalue weighted by Crippen LogP contribution is -2.53. The molecule has 1 aromatic heterocycles. The fourth-order valence-electron chi connectivity index (χ4n) is 3.95. The molecule has 0 N–H and O–H groups in total. The van der Waals surface area contributed by atoms with E-state index in [1.54, 1.807) is 17.8 Å². The molecule has 4 nitrogen and oxygen atoms in total. The summed E-state index contributed by atoms with van der Waals surface area (Å²) in [5, 5.41) is 0.751. The molecule has 1 amide bonds. The number of anilines is 1. The van der Waals surface area contributed by atoms with Crippen LogP contribution in [-0.2, 0) is 11.5 Å². The number of carbonyl (C=O) groups is 1. The van der Waals surface area contributed by atoms with E-state index in [1.165, 1.54) is 16.8 Å². The van der Waals surface area contributed by atoms with Crippen molar-refractivity contribution < 1.29 is 9.21 Å². The molecule has 0 aliphatic carbocycles. The number of amides is 1. The van der Waals surface area contributed by atoms with E-state index >= 15 is 0 Å². The van der Waals surface area contributed by atoms with Gasteiger partial charge in [-0.05, 0) is 61.4 Å². The van der Waals surface area contributed by atoms with Crippen molar-refractivity contribution in [3.05, 3.63) is 88.3 Å². The van der Waals surface area contributed by atoms with Crippen molar-refractivity contribution in [3.8, 4) is 0 Å². The van der Waals surface area contributed by atoms with Crippen LogP contribution in [0.3, 0.4) is 0 Å². The van der Waals surface area contributed by atoms with Crippen molar-refractivity contribution >= 4 is 35.0 Å². The molecule has 0 spiro atoms. The first-order valence-corrected chi connectivity index (χ1v) is 12.1. The Labute approximate surface area is 193 Å². The van der Waals surface area contributed by atoms with E-state index in [-0.39, 0.29) is 11.9 Å². The summed E-state index contributed by atoms with van der Waals surface area (Å²) in [5.74, 6) is 2.79. The van der Waals surface area contributed by atoms with Gasteiger partial charge in [-0.15, -0.1) is 11.8 Å². The Morgan fingerprint density at radius 3 is 2.71 bits per heavy atom. The van der Waals surface area contributed by atoms with E-state index in [1.807, 2.05) is 29.2 Å². The largest absolute Gasteiger partial charge is 0.455 e. The number of rotatable bonds is 6. The number of piperazine rings is 1. The Balaban J connectivity index is 1.31. The van der Waals surface area contributed by atoms with Gasteiger partial charge in [-0.1, -0.05) is 35.9 Å². The highest BCUT2D eigenvalue weighted by Crippen LogP contribution is 2.24. The first-order chi connectivity index (χ1) is 15.0. The summed E-state index contributed by atoms with van der Waals surface area (Å²) < 4.78 is 5.87. The summed E-state index contributed by atoms with van der Waals surface area (Å²) >= 11 is 7.79. The lowest BCUT2D eigenvalue weighted by Gasteiger charge is -2.41. The molecule has 1 unspecified atom stereocenters. The maximum Gasteiger partial charge on any atom is 0.289 e. The fraction of sp³-hybridized carbons (Fsp3) is 0.320. The zero-order valence-electron chi connectivity index (χ0n) is 17.9. The molecule has 162 valence electrons. The van der Waals surface area contributed by atoms with Gasteiger partial charge in [-0.3, -0.25) is 4.79 Å². The zero-order chi connectivity index (χ0) is 21.8. The van der Waals surface area contributed by atoms with Crippen LogP contribution in [-0.4, -0.2) is 36.5 Å². The monoisotopic (exact) mass is 454 g/mol. The molecular weight excluding hydrogens is 428 g/mol. The Hall–Kier alpha value is -2.37. The molecule has 1 atom stereocenters. The third-order valence-corrected chi connectivity index (χ3v) is 6.78. The fourth-order valence-corrected chi connectivity index (χ4v) is 5.04. The maximum absolute atomic E-state index is 13.0. The predicted molar refractivity (Wildman–Crippen MR) is 129 cm³/mol. The molecule has 2 aromatic carbocycles. The van der Waals surface area contributed by atoms with Crippen LogP contribution in [0, 0.1) is 6.92 Å². The molecule has 1 saturated heterocycles. The van der Waals surface area contributed by atoms with Gasteiger partial charge in [0, 0.05) is 42.1 Å². The summed E-state index contributed by atoms with van der Waals surface area (Å²) in [6.07, 6.45) is 0. The average Bonchev–Trinajstić information content (AvgIpc) is 3.22. The van der Waals surface area contributed by atoms with E-state index in [4.69, 9.17) is 16.0 Å². The highest BCUT2D eigenvalue weighted by molar-refractivity contribution is 7.97. The average molecular weight is 455 g/mol. The smallest absolute Gasteiger partial charge is 0.289 e. The highest BCUT2D eigenvalue weighted by Gasteiger charge is 2.29. The van der Waals surface area contributed by atoms with Crippen molar-refractivity contribution in [3.63, 3.8) is 0 Å². The quantitative estimate of drug-likeness (QED) is 0.456. The molecule has 1 aliphatic rings. The number of halogens is 1. The molecule has 2 heterocycles. The molecule has 1 aliphatic heterocycles. The molecular formula is C25H27ClN2O2S. The molecule has 0 radical (unpaired) electrons. The van der Waals surface area contributed by atoms with Crippen LogP contribution in [0.5, 0.6) is 0 Å². The van der Waals surface area contributed by atoms with Crippen LogP contribution < -0.4 is 4.90 Å². The number of aryl methyl sites for hydroxylation is 1. The highest BCUT2D eigenvalue weighted by atomic mass is 35.5. The normalized spacial score (nSPS) is 16.5. The number of hydrogen-bond donors (Lipinski definition) is 0. The first-order valence-electron chi connectivity index (χ1n) is 10.5. The topological polar surface area (TPSA) is 36.7 Å². The maximum atomic E-state index is 13.0. The molecule has 0 bridgehead atoms. The second-order valence-corrected chi connectivity index (χ2v) is 9.44. The zero-order valence-corrected chi connectivity index (χ0v) is 19.5. The van der Waals surface area contributed by atoms with Crippen molar-refractivity contribution in [2.45, 2.75) is 31.4 Å². The van der Waals surface area contributed by atoms with Gasteiger partial charge < -0.3 is 14.2 Å². The third-order valence-electron chi connectivity index (χ3n) is 5.52. The minimum absolute atomic E-state index is 0.0261. The van der Waals surface area contributed by atoms with Crippen molar-refractivity contribution in [2.75, 3.05) is 24.5 Å². The van der Waals surface area contributed by atoms with Crippen LogP contribution in [0.4, 0.5) is 5.69 Å². The number of benzene rings is 2. The molecule has 1 fully saturated rings. The van der Waals surface area contributed by atoms with Gasteiger partial charge in [0.15, 0.2) is 5.76 Å². The number of carbonyl (C=O) groups excluding carboxylic acids is 1. The van der Waals surface area contributed by atoms with Gasteiger partial charge in [0.05, 0.1) is 5.75 Å². The molecule has 0 saturated carbocycles. The third kappa shape index (κ3) is 5.46. The van der Waals surface area contributed by atoms with Gasteiger partial charge >= 0.3 is 0 Å². The van der Waals surface area contributed by atoms with Crippen molar-refractivity contribution in [1.29, 1.82) is 0 Å². The van der Waals surface area contributed by atoms with Crippen molar-refractivity contribution in [1.82, 2.24) is 4.90 Å². The molecule has 3 aromatic rings. The van der Waals surface area contributed by atoms with E-state index in [2.05, 4.69) is 49.1 Å². The Kier molecular flexibility index (Phi) is 6.93. The molecule has 6 heteroatoms. The summed E-state index contributed by atoms with van der Waals surface area (Å²) in [7, 11) is 0. The standard InChI is InChI=1S/C25H27ClN2O2S/c1-18-5-3-8-22(13-18)28-12-11-27(15-19(28)2)25(29)24-10-9-23(30-24)17-31-16-20-6-4-7-21(26)14-20/h3-10,13-14,19H,11-12,15-17H2,1-2H3. The summed E-state index contributed by atoms with van der Waals surface area (Å²) in [5.41, 5.74) is 3.65. The van der Waals surface area contributed by atoms with Crippen LogP contribution in [0.2, 0.25) is 5.02 Å².